The number of amides is 4. The Balaban J connectivity index is 0.000000480. The van der Waals surface area contributed by atoms with Crippen LogP contribution < -0.4 is 21.3 Å². The molecule has 0 aromatic carbocycles. The number of nitrogens with zero attached hydrogens (tertiary/aromatic N) is 2. The van der Waals surface area contributed by atoms with E-state index in [9.17, 15) is 29.4 Å². The number of alkyl carbamates (subject to hydrolysis) is 2. The predicted molar refractivity (Wildman–Crippen MR) is 174 cm³/mol. The van der Waals surface area contributed by atoms with E-state index in [1.807, 2.05) is 13.8 Å². The summed E-state index contributed by atoms with van der Waals surface area (Å²) in [7, 11) is 0. The van der Waals surface area contributed by atoms with Crippen LogP contribution in [0.1, 0.15) is 105 Å². The third-order valence-corrected chi connectivity index (χ3v) is 6.30. The lowest BCUT2D eigenvalue weighted by molar-refractivity contribution is -0.131. The van der Waals surface area contributed by atoms with Gasteiger partial charge in [0, 0.05) is 12.1 Å². The number of carbonyl (C=O) groups is 4. The van der Waals surface area contributed by atoms with Crippen LogP contribution in [-0.4, -0.2) is 80.0 Å². The van der Waals surface area contributed by atoms with Gasteiger partial charge in [-0.3, -0.25) is 9.59 Å². The van der Waals surface area contributed by atoms with E-state index in [0.717, 1.165) is 25.7 Å². The molecular weight excluding hydrogens is 628 g/mol. The van der Waals surface area contributed by atoms with Gasteiger partial charge in [-0.2, -0.15) is 0 Å². The molecule has 4 atom stereocenters. The molecule has 0 aliphatic carbocycles. The van der Waals surface area contributed by atoms with Crippen LogP contribution in [0, 0.1) is 0 Å². The Morgan fingerprint density at radius 1 is 0.708 bits per heavy atom. The van der Waals surface area contributed by atoms with Gasteiger partial charge in [0.2, 0.25) is 0 Å². The maximum absolute atomic E-state index is 12.1. The van der Waals surface area contributed by atoms with Crippen molar-refractivity contribution < 1.29 is 47.9 Å². The van der Waals surface area contributed by atoms with Crippen molar-refractivity contribution in [1.29, 1.82) is 0 Å². The smallest absolute Gasteiger partial charge is 0.407 e. The van der Waals surface area contributed by atoms with Gasteiger partial charge in [0.1, 0.15) is 11.2 Å². The first-order valence-electron chi connectivity index (χ1n) is 16.1. The fourth-order valence-electron chi connectivity index (χ4n) is 3.97. The summed E-state index contributed by atoms with van der Waals surface area (Å²) in [6, 6.07) is 1.77. The summed E-state index contributed by atoms with van der Waals surface area (Å²) < 4.78 is 20.1. The summed E-state index contributed by atoms with van der Waals surface area (Å²) >= 11 is 0. The summed E-state index contributed by atoms with van der Waals surface area (Å²) in [5.74, 6) is -0.242. The Morgan fingerprint density at radius 2 is 1.06 bits per heavy atom. The second-order valence-electron chi connectivity index (χ2n) is 13.1. The standard InChI is InChI=1S/2C16H27N3O5/c2*1-5-6-7-12(19-15(22)23-16(2,3)4)13(20)14(21)17-10-11-8-9-18-24-11/h2*8-9,12-13,20H,5-7,10H2,1-4H3,(H,17,21)(H,19,22)/t12-,13+;12-,13-/m00/s1. The molecule has 0 aliphatic rings. The molecule has 16 heteroatoms. The number of carbonyl (C=O) groups excluding carboxylic acids is 4. The van der Waals surface area contributed by atoms with Crippen molar-refractivity contribution in [3.63, 3.8) is 0 Å². The number of unbranched alkanes of at least 4 members (excludes halogenated alkanes) is 2. The molecule has 0 aliphatic heterocycles. The van der Waals surface area contributed by atoms with Crippen LogP contribution in [0.25, 0.3) is 0 Å². The van der Waals surface area contributed by atoms with Gasteiger partial charge in [0.05, 0.1) is 37.6 Å². The van der Waals surface area contributed by atoms with Gasteiger partial charge in [0.25, 0.3) is 11.8 Å². The Kier molecular flexibility index (Phi) is 18.2. The molecule has 4 amide bonds. The molecule has 0 saturated carbocycles. The van der Waals surface area contributed by atoms with E-state index in [0.29, 0.717) is 24.4 Å². The Bertz CT molecular complexity index is 1110. The molecule has 2 aromatic heterocycles. The minimum absolute atomic E-state index is 0.114. The first kappa shape index (κ1) is 41.8. The molecule has 272 valence electrons. The zero-order valence-electron chi connectivity index (χ0n) is 29.3. The molecule has 48 heavy (non-hydrogen) atoms. The van der Waals surface area contributed by atoms with Crippen LogP contribution in [0.3, 0.4) is 0 Å². The van der Waals surface area contributed by atoms with Crippen LogP contribution in [-0.2, 0) is 32.2 Å². The lowest BCUT2D eigenvalue weighted by Crippen LogP contribution is -2.51. The minimum atomic E-state index is -1.38. The molecule has 0 spiro atoms. The maximum Gasteiger partial charge on any atom is 0.407 e. The largest absolute Gasteiger partial charge is 0.444 e. The highest BCUT2D eigenvalue weighted by molar-refractivity contribution is 5.82. The molecule has 0 radical (unpaired) electrons. The average Bonchev–Trinajstić information content (AvgIpc) is 3.71. The van der Waals surface area contributed by atoms with Gasteiger partial charge in [-0.1, -0.05) is 49.8 Å². The molecular formula is C32H54N6O10. The fourth-order valence-corrected chi connectivity index (χ4v) is 3.97. The van der Waals surface area contributed by atoms with Crippen LogP contribution in [0.15, 0.2) is 33.6 Å². The SMILES string of the molecule is CCCC[C@H](NC(=O)OC(C)(C)C)[C@@H](O)C(=O)NCc1ccno1.CCCC[C@H](NC(=O)OC(C)(C)C)[C@H](O)C(=O)NCc1ccno1. The first-order valence-corrected chi connectivity index (χ1v) is 16.1. The summed E-state index contributed by atoms with van der Waals surface area (Å²) in [5.41, 5.74) is -1.31. The van der Waals surface area contributed by atoms with Crippen molar-refractivity contribution in [3.8, 4) is 0 Å². The van der Waals surface area contributed by atoms with Crippen molar-refractivity contribution in [1.82, 2.24) is 31.6 Å². The second-order valence-corrected chi connectivity index (χ2v) is 13.1. The van der Waals surface area contributed by atoms with Crippen LogP contribution >= 0.6 is 0 Å². The highest BCUT2D eigenvalue weighted by Crippen LogP contribution is 2.12. The van der Waals surface area contributed by atoms with Crippen LogP contribution in [0.5, 0.6) is 0 Å². The third-order valence-electron chi connectivity index (χ3n) is 6.30. The van der Waals surface area contributed by atoms with E-state index in [1.165, 1.54) is 12.4 Å². The quantitative estimate of drug-likeness (QED) is 0.150. The van der Waals surface area contributed by atoms with E-state index in [1.54, 1.807) is 53.7 Å². The molecule has 0 bridgehead atoms. The molecule has 16 nitrogen and oxygen atoms in total. The minimum Gasteiger partial charge on any atom is -0.444 e. The third kappa shape index (κ3) is 18.2. The highest BCUT2D eigenvalue weighted by Gasteiger charge is 2.30. The fraction of sp³-hybridized carbons (Fsp3) is 0.688. The summed E-state index contributed by atoms with van der Waals surface area (Å²) in [6.07, 6.45) is 3.03. The number of hydrogen-bond acceptors (Lipinski definition) is 12. The summed E-state index contributed by atoms with van der Waals surface area (Å²) in [5, 5.41) is 37.8. The number of nitrogens with one attached hydrogen (secondary N) is 4. The van der Waals surface area contributed by atoms with E-state index < -0.39 is 59.5 Å². The first-order chi connectivity index (χ1) is 22.5. The van der Waals surface area contributed by atoms with Crippen LogP contribution in [0.4, 0.5) is 9.59 Å². The van der Waals surface area contributed by atoms with Crippen molar-refractivity contribution in [2.45, 2.75) is 142 Å². The highest BCUT2D eigenvalue weighted by atomic mass is 16.6. The number of aliphatic hydroxyl groups excluding tert-OH is 2. The van der Waals surface area contributed by atoms with Crippen molar-refractivity contribution in [3.05, 3.63) is 36.0 Å². The number of ether oxygens (including phenoxy) is 2. The normalized spacial score (nSPS) is 13.9. The van der Waals surface area contributed by atoms with E-state index >= 15 is 0 Å². The van der Waals surface area contributed by atoms with Gasteiger partial charge in [-0.05, 0) is 54.4 Å². The van der Waals surface area contributed by atoms with Crippen molar-refractivity contribution >= 4 is 24.0 Å². The van der Waals surface area contributed by atoms with Gasteiger partial charge >= 0.3 is 12.2 Å². The van der Waals surface area contributed by atoms with E-state index in [-0.39, 0.29) is 13.1 Å². The number of aromatic nitrogens is 2. The van der Waals surface area contributed by atoms with Gasteiger partial charge in [-0.25, -0.2) is 9.59 Å². The number of rotatable bonds is 16. The molecule has 6 N–H and O–H groups in total. The number of aliphatic hydroxyl groups is 2. The molecule has 0 saturated heterocycles. The monoisotopic (exact) mass is 682 g/mol. The van der Waals surface area contributed by atoms with Crippen molar-refractivity contribution in [2.24, 2.45) is 0 Å². The maximum atomic E-state index is 12.1. The molecule has 0 fully saturated rings. The summed E-state index contributed by atoms with van der Waals surface area (Å²) in [4.78, 5) is 48.0. The molecule has 2 heterocycles. The van der Waals surface area contributed by atoms with Gasteiger partial charge in [0.15, 0.2) is 23.7 Å². The van der Waals surface area contributed by atoms with E-state index in [2.05, 4.69) is 31.6 Å². The van der Waals surface area contributed by atoms with Crippen LogP contribution in [0.2, 0.25) is 0 Å². The van der Waals surface area contributed by atoms with Gasteiger partial charge in [-0.15, -0.1) is 0 Å². The topological polar surface area (TPSA) is 227 Å². The van der Waals surface area contributed by atoms with Crippen molar-refractivity contribution in [2.75, 3.05) is 0 Å². The Hall–Kier alpha value is -4.18. The lowest BCUT2D eigenvalue weighted by Gasteiger charge is -2.26. The Morgan fingerprint density at radius 3 is 1.33 bits per heavy atom. The summed E-state index contributed by atoms with van der Waals surface area (Å²) in [6.45, 7) is 14.7. The lowest BCUT2D eigenvalue weighted by atomic mass is 10.0. The Labute approximate surface area is 282 Å². The average molecular weight is 683 g/mol. The predicted octanol–water partition coefficient (Wildman–Crippen LogP) is 3.47. The molecule has 2 aromatic rings. The number of hydrogen-bond donors (Lipinski definition) is 6. The zero-order valence-corrected chi connectivity index (χ0v) is 29.3. The zero-order chi connectivity index (χ0) is 36.3. The van der Waals surface area contributed by atoms with E-state index in [4.69, 9.17) is 18.5 Å². The van der Waals surface area contributed by atoms with Gasteiger partial charge < -0.3 is 50.0 Å². The second kappa shape index (κ2) is 20.9. The molecule has 2 rings (SSSR count). The molecule has 0 unspecified atom stereocenters.